The van der Waals surface area contributed by atoms with Crippen molar-refractivity contribution in [3.05, 3.63) is 0 Å². The van der Waals surface area contributed by atoms with Gasteiger partial charge in [-0.2, -0.15) is 0 Å². The van der Waals surface area contributed by atoms with E-state index in [2.05, 4.69) is 34.6 Å². The molecule has 0 aliphatic carbocycles. The van der Waals surface area contributed by atoms with Crippen LogP contribution in [-0.4, -0.2) is 32.1 Å². The standard InChI is InChI=1S/C19H36O4/c1-15(2)19(6,14-18(3,4)5)17(20)23-13-9-12-22-16-10-7-8-11-21-16/h15-16H,7-14H2,1-6H3. The van der Waals surface area contributed by atoms with Crippen LogP contribution in [0.3, 0.4) is 0 Å². The topological polar surface area (TPSA) is 44.8 Å². The second-order valence-corrected chi connectivity index (χ2v) is 8.47. The molecule has 1 heterocycles. The Balaban J connectivity index is 2.32. The fraction of sp³-hybridized carbons (Fsp3) is 0.947. The molecular weight excluding hydrogens is 292 g/mol. The van der Waals surface area contributed by atoms with E-state index in [1.807, 2.05) is 6.92 Å². The van der Waals surface area contributed by atoms with Crippen molar-refractivity contribution in [1.82, 2.24) is 0 Å². The van der Waals surface area contributed by atoms with Gasteiger partial charge in [-0.1, -0.05) is 34.6 Å². The predicted molar refractivity (Wildman–Crippen MR) is 92.1 cm³/mol. The number of ether oxygens (including phenoxy) is 3. The minimum atomic E-state index is -0.439. The van der Waals surface area contributed by atoms with Crippen molar-refractivity contribution in [3.8, 4) is 0 Å². The second kappa shape index (κ2) is 9.03. The third-order valence-corrected chi connectivity index (χ3v) is 4.60. The molecule has 4 nitrogen and oxygen atoms in total. The van der Waals surface area contributed by atoms with Crippen molar-refractivity contribution in [2.45, 2.75) is 79.9 Å². The molecule has 1 rings (SSSR count). The average molecular weight is 328 g/mol. The first-order valence-electron chi connectivity index (χ1n) is 9.05. The van der Waals surface area contributed by atoms with Crippen LogP contribution >= 0.6 is 0 Å². The molecular formula is C19H36O4. The quantitative estimate of drug-likeness (QED) is 0.484. The van der Waals surface area contributed by atoms with Gasteiger partial charge in [0, 0.05) is 13.0 Å². The Morgan fingerprint density at radius 3 is 2.39 bits per heavy atom. The van der Waals surface area contributed by atoms with E-state index in [0.717, 1.165) is 32.3 Å². The summed E-state index contributed by atoms with van der Waals surface area (Å²) in [5.74, 6) is 0.164. The first-order chi connectivity index (χ1) is 10.6. The molecule has 0 saturated carbocycles. The molecule has 0 aromatic heterocycles. The Bertz CT molecular complexity index is 353. The van der Waals surface area contributed by atoms with E-state index >= 15 is 0 Å². The van der Waals surface area contributed by atoms with Gasteiger partial charge in [0.2, 0.25) is 0 Å². The zero-order valence-electron chi connectivity index (χ0n) is 15.9. The lowest BCUT2D eigenvalue weighted by molar-refractivity contribution is -0.169. The van der Waals surface area contributed by atoms with Gasteiger partial charge in [0.05, 0.1) is 18.6 Å². The van der Waals surface area contributed by atoms with Gasteiger partial charge in [0.15, 0.2) is 6.29 Å². The van der Waals surface area contributed by atoms with Crippen LogP contribution in [0.4, 0.5) is 0 Å². The van der Waals surface area contributed by atoms with Crippen LogP contribution in [0.2, 0.25) is 0 Å². The van der Waals surface area contributed by atoms with Gasteiger partial charge in [-0.25, -0.2) is 0 Å². The number of hydrogen-bond donors (Lipinski definition) is 0. The van der Waals surface area contributed by atoms with Gasteiger partial charge in [-0.15, -0.1) is 0 Å². The Hall–Kier alpha value is -0.610. The molecule has 1 fully saturated rings. The lowest BCUT2D eigenvalue weighted by Crippen LogP contribution is -2.38. The molecule has 2 unspecified atom stereocenters. The van der Waals surface area contributed by atoms with Gasteiger partial charge in [0.1, 0.15) is 0 Å². The van der Waals surface area contributed by atoms with Crippen LogP contribution in [0.5, 0.6) is 0 Å². The van der Waals surface area contributed by atoms with Crippen molar-refractivity contribution >= 4 is 5.97 Å². The van der Waals surface area contributed by atoms with Gasteiger partial charge < -0.3 is 14.2 Å². The molecule has 0 aromatic carbocycles. The summed E-state index contributed by atoms with van der Waals surface area (Å²) in [4.78, 5) is 12.6. The summed E-state index contributed by atoms with van der Waals surface area (Å²) >= 11 is 0. The zero-order chi connectivity index (χ0) is 17.5. The molecule has 2 atom stereocenters. The summed E-state index contributed by atoms with van der Waals surface area (Å²) in [6.07, 6.45) is 4.73. The van der Waals surface area contributed by atoms with Gasteiger partial charge >= 0.3 is 5.97 Å². The molecule has 1 aliphatic heterocycles. The van der Waals surface area contributed by atoms with E-state index in [0.29, 0.717) is 13.2 Å². The van der Waals surface area contributed by atoms with Crippen molar-refractivity contribution in [2.24, 2.45) is 16.7 Å². The maximum Gasteiger partial charge on any atom is 0.312 e. The predicted octanol–water partition coefficient (Wildman–Crippen LogP) is 4.56. The SMILES string of the molecule is CC(C)C(C)(CC(C)(C)C)C(=O)OCCCOC1CCCCO1. The summed E-state index contributed by atoms with van der Waals surface area (Å²) in [7, 11) is 0. The Morgan fingerprint density at radius 2 is 1.87 bits per heavy atom. The fourth-order valence-electron chi connectivity index (χ4n) is 3.06. The molecule has 23 heavy (non-hydrogen) atoms. The van der Waals surface area contributed by atoms with Crippen LogP contribution < -0.4 is 0 Å². The van der Waals surface area contributed by atoms with Gasteiger partial charge in [0.25, 0.3) is 0 Å². The maximum atomic E-state index is 12.6. The smallest absolute Gasteiger partial charge is 0.312 e. The lowest BCUT2D eigenvalue weighted by atomic mass is 9.69. The Kier molecular flexibility index (Phi) is 8.02. The normalized spacial score (nSPS) is 22.0. The Labute approximate surface area is 142 Å². The van der Waals surface area contributed by atoms with E-state index in [4.69, 9.17) is 14.2 Å². The molecule has 0 aromatic rings. The van der Waals surface area contributed by atoms with E-state index in [1.165, 1.54) is 6.42 Å². The first-order valence-corrected chi connectivity index (χ1v) is 9.05. The average Bonchev–Trinajstić information content (AvgIpc) is 2.45. The molecule has 4 heteroatoms. The fourth-order valence-corrected chi connectivity index (χ4v) is 3.06. The lowest BCUT2D eigenvalue weighted by Gasteiger charge is -2.36. The highest BCUT2D eigenvalue weighted by atomic mass is 16.7. The minimum absolute atomic E-state index is 0.0683. The summed E-state index contributed by atoms with van der Waals surface area (Å²) in [5, 5.41) is 0. The second-order valence-electron chi connectivity index (χ2n) is 8.47. The minimum Gasteiger partial charge on any atom is -0.465 e. The van der Waals surface area contributed by atoms with E-state index < -0.39 is 5.41 Å². The summed E-state index contributed by atoms with van der Waals surface area (Å²) in [6.45, 7) is 14.5. The summed E-state index contributed by atoms with van der Waals surface area (Å²) < 4.78 is 16.7. The van der Waals surface area contributed by atoms with Crippen molar-refractivity contribution in [2.75, 3.05) is 19.8 Å². The van der Waals surface area contributed by atoms with Crippen molar-refractivity contribution in [1.29, 1.82) is 0 Å². The van der Waals surface area contributed by atoms with E-state index in [-0.39, 0.29) is 23.6 Å². The molecule has 0 bridgehead atoms. The number of esters is 1. The number of carbonyl (C=O) groups excluding carboxylic acids is 1. The summed E-state index contributed by atoms with van der Waals surface area (Å²) in [5.41, 5.74) is -0.342. The molecule has 0 spiro atoms. The highest BCUT2D eigenvalue weighted by Gasteiger charge is 2.41. The molecule has 0 N–H and O–H groups in total. The summed E-state index contributed by atoms with van der Waals surface area (Å²) in [6, 6.07) is 0. The molecule has 0 radical (unpaired) electrons. The number of rotatable bonds is 8. The monoisotopic (exact) mass is 328 g/mol. The first kappa shape index (κ1) is 20.4. The van der Waals surface area contributed by atoms with E-state index in [9.17, 15) is 4.79 Å². The van der Waals surface area contributed by atoms with E-state index in [1.54, 1.807) is 0 Å². The van der Waals surface area contributed by atoms with Crippen molar-refractivity contribution in [3.63, 3.8) is 0 Å². The third kappa shape index (κ3) is 7.21. The van der Waals surface area contributed by atoms with Crippen LogP contribution in [0.1, 0.15) is 73.6 Å². The number of carbonyl (C=O) groups is 1. The maximum absolute atomic E-state index is 12.6. The van der Waals surface area contributed by atoms with Crippen LogP contribution in [0.25, 0.3) is 0 Å². The van der Waals surface area contributed by atoms with Crippen LogP contribution in [-0.2, 0) is 19.0 Å². The molecule has 0 amide bonds. The molecule has 1 aliphatic rings. The highest BCUT2D eigenvalue weighted by molar-refractivity contribution is 5.76. The van der Waals surface area contributed by atoms with Crippen molar-refractivity contribution < 1.29 is 19.0 Å². The Morgan fingerprint density at radius 1 is 1.17 bits per heavy atom. The van der Waals surface area contributed by atoms with Crippen LogP contribution in [0.15, 0.2) is 0 Å². The van der Waals surface area contributed by atoms with Gasteiger partial charge in [-0.3, -0.25) is 4.79 Å². The molecule has 1 saturated heterocycles. The largest absolute Gasteiger partial charge is 0.465 e. The molecule has 136 valence electrons. The zero-order valence-corrected chi connectivity index (χ0v) is 15.9. The van der Waals surface area contributed by atoms with Gasteiger partial charge in [-0.05, 0) is 43.9 Å². The number of hydrogen-bond acceptors (Lipinski definition) is 4. The highest BCUT2D eigenvalue weighted by Crippen LogP contribution is 2.40. The van der Waals surface area contributed by atoms with Crippen LogP contribution in [0, 0.1) is 16.7 Å². The third-order valence-electron chi connectivity index (χ3n) is 4.60.